The minimum Gasteiger partial charge on any atom is -0.488 e. The summed E-state index contributed by atoms with van der Waals surface area (Å²) >= 11 is 3.58. The normalized spacial score (nSPS) is 15.8. The minimum atomic E-state index is -0.159. The maximum atomic E-state index is 12.5. The van der Waals surface area contributed by atoms with E-state index in [0.29, 0.717) is 16.7 Å². The molecule has 0 unspecified atom stereocenters. The topological polar surface area (TPSA) is 50.7 Å². The summed E-state index contributed by atoms with van der Waals surface area (Å²) in [7, 11) is 0. The quantitative estimate of drug-likeness (QED) is 0.212. The molecule has 1 heterocycles. The summed E-state index contributed by atoms with van der Waals surface area (Å²) in [5, 5.41) is 5.79. The van der Waals surface area contributed by atoms with Crippen LogP contribution in [0.15, 0.2) is 101 Å². The van der Waals surface area contributed by atoms with Gasteiger partial charge in [-0.15, -0.1) is 0 Å². The molecule has 0 saturated carbocycles. The number of amides is 1. The molecule has 1 aliphatic rings. The van der Waals surface area contributed by atoms with Crippen molar-refractivity contribution < 1.29 is 9.53 Å². The van der Waals surface area contributed by atoms with Gasteiger partial charge in [0, 0.05) is 9.13 Å². The summed E-state index contributed by atoms with van der Waals surface area (Å²) in [5.41, 5.74) is 2.78. The molecule has 1 fully saturated rings. The molecular formula is C27H19IN2O2S. The van der Waals surface area contributed by atoms with Crippen molar-refractivity contribution in [3.8, 4) is 5.75 Å². The highest BCUT2D eigenvalue weighted by Gasteiger charge is 2.24. The van der Waals surface area contributed by atoms with E-state index in [1.54, 1.807) is 0 Å². The maximum Gasteiger partial charge on any atom is 0.264 e. The van der Waals surface area contributed by atoms with Crippen molar-refractivity contribution >= 4 is 68.0 Å². The minimum absolute atomic E-state index is 0.159. The fourth-order valence-corrected chi connectivity index (χ4v) is 4.75. The fourth-order valence-electron chi connectivity index (χ4n) is 3.56. The van der Waals surface area contributed by atoms with E-state index in [2.05, 4.69) is 57.2 Å². The van der Waals surface area contributed by atoms with Crippen LogP contribution in [0.2, 0.25) is 0 Å². The number of nitrogens with zero attached hydrogens (tertiary/aromatic N) is 1. The van der Waals surface area contributed by atoms with Crippen LogP contribution in [-0.2, 0) is 11.4 Å². The monoisotopic (exact) mass is 562 g/mol. The molecule has 0 atom stereocenters. The predicted octanol–water partition coefficient (Wildman–Crippen LogP) is 6.92. The Morgan fingerprint density at radius 1 is 0.909 bits per heavy atom. The van der Waals surface area contributed by atoms with Crippen LogP contribution in [0.4, 0.5) is 5.69 Å². The Hall–Kier alpha value is -3.10. The first-order valence-corrected chi connectivity index (χ1v) is 12.3. The number of para-hydroxylation sites is 1. The smallest absolute Gasteiger partial charge is 0.264 e. The first-order valence-electron chi connectivity index (χ1n) is 10.4. The highest BCUT2D eigenvalue weighted by Crippen LogP contribution is 2.31. The Morgan fingerprint density at radius 3 is 2.55 bits per heavy atom. The number of hydrogen-bond donors (Lipinski definition) is 1. The standard InChI is InChI=1S/C27H19IN2O2S/c28-21-12-14-22(15-13-21)29-27-30-26(31)25(33-27)16-19-7-2-4-11-24(19)32-17-20-9-5-8-18-6-1-3-10-23(18)20/h1-16H,17H2,(H,29,30,31)/b25-16+. The lowest BCUT2D eigenvalue weighted by molar-refractivity contribution is -0.115. The zero-order valence-corrected chi connectivity index (χ0v) is 20.5. The number of amidine groups is 1. The van der Waals surface area contributed by atoms with E-state index in [1.807, 2.05) is 72.8 Å². The number of hydrogen-bond acceptors (Lipinski definition) is 4. The Labute approximate surface area is 209 Å². The van der Waals surface area contributed by atoms with Crippen molar-refractivity contribution in [2.45, 2.75) is 6.61 Å². The van der Waals surface area contributed by atoms with E-state index in [9.17, 15) is 4.79 Å². The van der Waals surface area contributed by atoms with Crippen LogP contribution in [-0.4, -0.2) is 11.1 Å². The van der Waals surface area contributed by atoms with E-state index in [1.165, 1.54) is 22.5 Å². The van der Waals surface area contributed by atoms with Gasteiger partial charge >= 0.3 is 0 Å². The van der Waals surface area contributed by atoms with Gasteiger partial charge in [0.15, 0.2) is 5.17 Å². The molecule has 0 aliphatic carbocycles. The molecule has 33 heavy (non-hydrogen) atoms. The second kappa shape index (κ2) is 9.80. The second-order valence-electron chi connectivity index (χ2n) is 7.42. The van der Waals surface area contributed by atoms with Gasteiger partial charge in [0.2, 0.25) is 0 Å². The van der Waals surface area contributed by atoms with Crippen molar-refractivity contribution in [1.29, 1.82) is 0 Å². The Balaban J connectivity index is 1.36. The number of fused-ring (bicyclic) bond motifs is 1. The van der Waals surface area contributed by atoms with Gasteiger partial charge in [-0.1, -0.05) is 60.7 Å². The Morgan fingerprint density at radius 2 is 1.67 bits per heavy atom. The van der Waals surface area contributed by atoms with Gasteiger partial charge in [-0.05, 0) is 87.1 Å². The van der Waals surface area contributed by atoms with Gasteiger partial charge in [0.25, 0.3) is 5.91 Å². The average molecular weight is 562 g/mol. The summed E-state index contributed by atoms with van der Waals surface area (Å²) in [5.74, 6) is 0.572. The number of thioether (sulfide) groups is 1. The molecule has 4 nitrogen and oxygen atoms in total. The van der Waals surface area contributed by atoms with Crippen LogP contribution in [0.5, 0.6) is 5.75 Å². The summed E-state index contributed by atoms with van der Waals surface area (Å²) in [6, 6.07) is 30.1. The lowest BCUT2D eigenvalue weighted by Gasteiger charge is -2.11. The van der Waals surface area contributed by atoms with Crippen LogP contribution in [0.1, 0.15) is 11.1 Å². The van der Waals surface area contributed by atoms with Crippen LogP contribution in [0, 0.1) is 3.57 Å². The van der Waals surface area contributed by atoms with Crippen LogP contribution in [0.25, 0.3) is 16.8 Å². The van der Waals surface area contributed by atoms with E-state index in [-0.39, 0.29) is 5.91 Å². The molecule has 5 rings (SSSR count). The number of ether oxygens (including phenoxy) is 1. The Kier molecular flexibility index (Phi) is 6.46. The lowest BCUT2D eigenvalue weighted by atomic mass is 10.1. The van der Waals surface area contributed by atoms with E-state index in [4.69, 9.17) is 4.74 Å². The summed E-state index contributed by atoms with van der Waals surface area (Å²) in [6.45, 7) is 0.445. The molecule has 1 amide bonds. The van der Waals surface area contributed by atoms with E-state index >= 15 is 0 Å². The molecule has 1 N–H and O–H groups in total. The van der Waals surface area contributed by atoms with Crippen LogP contribution >= 0.6 is 34.4 Å². The zero-order chi connectivity index (χ0) is 22.6. The summed E-state index contributed by atoms with van der Waals surface area (Å²) < 4.78 is 7.33. The molecule has 0 radical (unpaired) electrons. The predicted molar refractivity (Wildman–Crippen MR) is 145 cm³/mol. The Bertz CT molecular complexity index is 1390. The van der Waals surface area contributed by atoms with Crippen LogP contribution in [0.3, 0.4) is 0 Å². The summed E-state index contributed by atoms with van der Waals surface area (Å²) in [6.07, 6.45) is 1.86. The zero-order valence-electron chi connectivity index (χ0n) is 17.5. The molecular weight excluding hydrogens is 543 g/mol. The lowest BCUT2D eigenvalue weighted by Crippen LogP contribution is -2.19. The van der Waals surface area contributed by atoms with Gasteiger partial charge in [-0.25, -0.2) is 4.99 Å². The number of rotatable bonds is 5. The molecule has 4 aromatic carbocycles. The number of halogens is 1. The molecule has 0 aromatic heterocycles. The third kappa shape index (κ3) is 5.12. The largest absolute Gasteiger partial charge is 0.488 e. The number of nitrogens with one attached hydrogen (secondary N) is 1. The van der Waals surface area contributed by atoms with Gasteiger partial charge in [0.1, 0.15) is 12.4 Å². The number of carbonyl (C=O) groups is 1. The van der Waals surface area contributed by atoms with Crippen molar-refractivity contribution in [3.05, 3.63) is 111 Å². The van der Waals surface area contributed by atoms with Crippen molar-refractivity contribution in [3.63, 3.8) is 0 Å². The van der Waals surface area contributed by atoms with Gasteiger partial charge in [-0.2, -0.15) is 0 Å². The first kappa shape index (κ1) is 21.7. The second-order valence-corrected chi connectivity index (χ2v) is 9.70. The fraction of sp³-hybridized carbons (Fsp3) is 0.0370. The average Bonchev–Trinajstić information content (AvgIpc) is 3.18. The molecule has 0 bridgehead atoms. The van der Waals surface area contributed by atoms with Gasteiger partial charge < -0.3 is 10.1 Å². The van der Waals surface area contributed by atoms with Crippen molar-refractivity contribution in [2.24, 2.45) is 4.99 Å². The third-order valence-electron chi connectivity index (χ3n) is 5.18. The molecule has 4 aromatic rings. The molecule has 162 valence electrons. The van der Waals surface area contributed by atoms with Crippen LogP contribution < -0.4 is 10.1 Å². The maximum absolute atomic E-state index is 12.5. The summed E-state index contributed by atoms with van der Waals surface area (Å²) in [4.78, 5) is 17.7. The third-order valence-corrected chi connectivity index (χ3v) is 6.81. The number of benzene rings is 4. The molecule has 1 aliphatic heterocycles. The van der Waals surface area contributed by atoms with Crippen molar-refractivity contribution in [1.82, 2.24) is 5.32 Å². The van der Waals surface area contributed by atoms with E-state index in [0.717, 1.165) is 26.1 Å². The highest BCUT2D eigenvalue weighted by molar-refractivity contribution is 14.1. The molecule has 6 heteroatoms. The van der Waals surface area contributed by atoms with Gasteiger partial charge in [-0.3, -0.25) is 4.79 Å². The SMILES string of the molecule is O=C1NC(=Nc2ccc(I)cc2)S/C1=C/c1ccccc1OCc1cccc2ccccc12. The first-order chi connectivity index (χ1) is 16.2. The molecule has 0 spiro atoms. The highest BCUT2D eigenvalue weighted by atomic mass is 127. The van der Waals surface area contributed by atoms with E-state index < -0.39 is 0 Å². The van der Waals surface area contributed by atoms with Gasteiger partial charge in [0.05, 0.1) is 10.6 Å². The number of carbonyl (C=O) groups excluding carboxylic acids is 1. The number of aliphatic imine (C=N–C) groups is 1. The molecule has 1 saturated heterocycles. The van der Waals surface area contributed by atoms with Crippen molar-refractivity contribution in [2.75, 3.05) is 0 Å².